The highest BCUT2D eigenvalue weighted by molar-refractivity contribution is 5.92. The highest BCUT2D eigenvalue weighted by Gasteiger charge is 2.25. The molecular formula is C14H20N2O. The summed E-state index contributed by atoms with van der Waals surface area (Å²) in [4.78, 5) is 18.2. The average Bonchev–Trinajstić information content (AvgIpc) is 2.39. The third-order valence-corrected chi connectivity index (χ3v) is 3.65. The van der Waals surface area contributed by atoms with E-state index in [-0.39, 0.29) is 5.91 Å². The number of piperidine rings is 1. The lowest BCUT2D eigenvalue weighted by atomic mass is 9.86. The van der Waals surface area contributed by atoms with E-state index in [4.69, 9.17) is 0 Å². The first kappa shape index (κ1) is 12.1. The van der Waals surface area contributed by atoms with Crippen LogP contribution in [0.4, 0.5) is 0 Å². The Kier molecular flexibility index (Phi) is 3.77. The number of nitrogens with zero attached hydrogens (tertiary/aromatic N) is 2. The zero-order valence-electron chi connectivity index (χ0n) is 10.6. The Balaban J connectivity index is 1.95. The van der Waals surface area contributed by atoms with Gasteiger partial charge in [0, 0.05) is 19.3 Å². The molecule has 3 nitrogen and oxygen atoms in total. The molecule has 0 aliphatic carbocycles. The number of carbonyl (C=O) groups is 1. The second-order valence-corrected chi connectivity index (χ2v) is 5.09. The summed E-state index contributed by atoms with van der Waals surface area (Å²) in [5.41, 5.74) is 0.565. The van der Waals surface area contributed by atoms with E-state index in [9.17, 15) is 4.79 Å². The number of hydrogen-bond donors (Lipinski definition) is 0. The third kappa shape index (κ3) is 2.84. The van der Waals surface area contributed by atoms with Gasteiger partial charge in [-0.15, -0.1) is 0 Å². The molecule has 1 amide bonds. The molecular weight excluding hydrogens is 212 g/mol. The lowest BCUT2D eigenvalue weighted by molar-refractivity contribution is 0.0662. The standard InChI is InChI=1S/C14H20N2O/c1-11(2)12-6-9-16(10-7-12)14(17)13-5-3-4-8-15-13/h3-5,8,11-12H,6-7,9-10H2,1-2H3. The molecule has 17 heavy (non-hydrogen) atoms. The van der Waals surface area contributed by atoms with Crippen molar-refractivity contribution in [2.45, 2.75) is 26.7 Å². The van der Waals surface area contributed by atoms with E-state index in [1.54, 1.807) is 12.3 Å². The van der Waals surface area contributed by atoms with Crippen LogP contribution in [0.3, 0.4) is 0 Å². The van der Waals surface area contributed by atoms with E-state index in [1.165, 1.54) is 0 Å². The lowest BCUT2D eigenvalue weighted by Crippen LogP contribution is -2.39. The molecule has 0 aromatic carbocycles. The van der Waals surface area contributed by atoms with Gasteiger partial charge in [-0.05, 0) is 36.8 Å². The minimum absolute atomic E-state index is 0.0767. The van der Waals surface area contributed by atoms with Gasteiger partial charge in [-0.2, -0.15) is 0 Å². The number of hydrogen-bond acceptors (Lipinski definition) is 2. The van der Waals surface area contributed by atoms with Gasteiger partial charge in [0.05, 0.1) is 0 Å². The van der Waals surface area contributed by atoms with Crippen LogP contribution in [-0.4, -0.2) is 28.9 Å². The first-order valence-electron chi connectivity index (χ1n) is 6.39. The Labute approximate surface area is 103 Å². The molecule has 2 rings (SSSR count). The third-order valence-electron chi connectivity index (χ3n) is 3.65. The van der Waals surface area contributed by atoms with Gasteiger partial charge in [-0.25, -0.2) is 0 Å². The van der Waals surface area contributed by atoms with Crippen LogP contribution in [0.1, 0.15) is 37.2 Å². The van der Waals surface area contributed by atoms with Crippen LogP contribution in [0.25, 0.3) is 0 Å². The van der Waals surface area contributed by atoms with Gasteiger partial charge in [-0.3, -0.25) is 9.78 Å². The molecule has 0 saturated carbocycles. The maximum Gasteiger partial charge on any atom is 0.272 e. The van der Waals surface area contributed by atoms with Crippen LogP contribution in [0.2, 0.25) is 0 Å². The molecule has 0 unspecified atom stereocenters. The number of rotatable bonds is 2. The summed E-state index contributed by atoms with van der Waals surface area (Å²) < 4.78 is 0. The van der Waals surface area contributed by atoms with Crippen molar-refractivity contribution in [3.63, 3.8) is 0 Å². The van der Waals surface area contributed by atoms with Gasteiger partial charge in [-0.1, -0.05) is 19.9 Å². The normalized spacial score (nSPS) is 17.5. The highest BCUT2D eigenvalue weighted by Crippen LogP contribution is 2.24. The fourth-order valence-electron chi connectivity index (χ4n) is 2.42. The van der Waals surface area contributed by atoms with Crippen LogP contribution < -0.4 is 0 Å². The summed E-state index contributed by atoms with van der Waals surface area (Å²) in [6.07, 6.45) is 3.92. The van der Waals surface area contributed by atoms with Gasteiger partial charge >= 0.3 is 0 Å². The predicted molar refractivity (Wildman–Crippen MR) is 67.7 cm³/mol. The SMILES string of the molecule is CC(C)C1CCN(C(=O)c2ccccn2)CC1. The van der Waals surface area contributed by atoms with Crippen molar-refractivity contribution in [3.8, 4) is 0 Å². The molecule has 1 fully saturated rings. The van der Waals surface area contributed by atoms with Crippen LogP contribution in [0, 0.1) is 11.8 Å². The van der Waals surface area contributed by atoms with Crippen molar-refractivity contribution in [1.29, 1.82) is 0 Å². The fraction of sp³-hybridized carbons (Fsp3) is 0.571. The molecule has 3 heteroatoms. The smallest absolute Gasteiger partial charge is 0.272 e. The highest BCUT2D eigenvalue weighted by atomic mass is 16.2. The summed E-state index contributed by atoms with van der Waals surface area (Å²) in [6, 6.07) is 5.49. The number of pyridine rings is 1. The van der Waals surface area contributed by atoms with Gasteiger partial charge in [0.15, 0.2) is 0 Å². The summed E-state index contributed by atoms with van der Waals surface area (Å²) in [7, 11) is 0. The molecule has 92 valence electrons. The fourth-order valence-corrected chi connectivity index (χ4v) is 2.42. The number of aromatic nitrogens is 1. The molecule has 0 spiro atoms. The van der Waals surface area contributed by atoms with E-state index < -0.39 is 0 Å². The van der Waals surface area contributed by atoms with Crippen molar-refractivity contribution in [1.82, 2.24) is 9.88 Å². The Hall–Kier alpha value is -1.38. The largest absolute Gasteiger partial charge is 0.337 e. The van der Waals surface area contributed by atoms with Crippen LogP contribution in [0.5, 0.6) is 0 Å². The van der Waals surface area contributed by atoms with Gasteiger partial charge in [0.2, 0.25) is 0 Å². The van der Waals surface area contributed by atoms with Crippen molar-refractivity contribution < 1.29 is 4.79 Å². The maximum absolute atomic E-state index is 12.1. The predicted octanol–water partition coefficient (Wildman–Crippen LogP) is 2.59. The molecule has 2 heterocycles. The average molecular weight is 232 g/mol. The van der Waals surface area contributed by atoms with E-state index in [2.05, 4.69) is 18.8 Å². The van der Waals surface area contributed by atoms with E-state index >= 15 is 0 Å². The number of amides is 1. The summed E-state index contributed by atoms with van der Waals surface area (Å²) in [6.45, 7) is 6.28. The number of likely N-dealkylation sites (tertiary alicyclic amines) is 1. The zero-order valence-corrected chi connectivity index (χ0v) is 10.6. The topological polar surface area (TPSA) is 33.2 Å². The van der Waals surface area contributed by atoms with E-state index in [0.29, 0.717) is 5.69 Å². The number of carbonyl (C=O) groups excluding carboxylic acids is 1. The Morgan fingerprint density at radius 2 is 2.06 bits per heavy atom. The molecule has 1 aromatic rings. The zero-order chi connectivity index (χ0) is 12.3. The van der Waals surface area contributed by atoms with E-state index in [1.807, 2.05) is 17.0 Å². The van der Waals surface area contributed by atoms with Crippen LogP contribution in [0.15, 0.2) is 24.4 Å². The van der Waals surface area contributed by atoms with E-state index in [0.717, 1.165) is 37.8 Å². The van der Waals surface area contributed by atoms with Crippen LogP contribution in [-0.2, 0) is 0 Å². The first-order chi connectivity index (χ1) is 8.18. The Morgan fingerprint density at radius 1 is 1.35 bits per heavy atom. The molecule has 1 aromatic heterocycles. The molecule has 0 bridgehead atoms. The van der Waals surface area contributed by atoms with Crippen molar-refractivity contribution in [2.24, 2.45) is 11.8 Å². The van der Waals surface area contributed by atoms with Crippen molar-refractivity contribution in [3.05, 3.63) is 30.1 Å². The Bertz CT molecular complexity index is 367. The minimum atomic E-state index is 0.0767. The van der Waals surface area contributed by atoms with Gasteiger partial charge in [0.25, 0.3) is 5.91 Å². The summed E-state index contributed by atoms with van der Waals surface area (Å²) in [5.74, 6) is 1.57. The molecule has 0 atom stereocenters. The summed E-state index contributed by atoms with van der Waals surface area (Å²) >= 11 is 0. The Morgan fingerprint density at radius 3 is 2.59 bits per heavy atom. The minimum Gasteiger partial charge on any atom is -0.337 e. The second-order valence-electron chi connectivity index (χ2n) is 5.09. The maximum atomic E-state index is 12.1. The molecule has 1 aliphatic rings. The first-order valence-corrected chi connectivity index (χ1v) is 6.39. The molecule has 0 N–H and O–H groups in total. The lowest BCUT2D eigenvalue weighted by Gasteiger charge is -2.33. The van der Waals surface area contributed by atoms with Crippen LogP contribution >= 0.6 is 0 Å². The van der Waals surface area contributed by atoms with Crippen molar-refractivity contribution >= 4 is 5.91 Å². The van der Waals surface area contributed by atoms with Gasteiger partial charge in [0.1, 0.15) is 5.69 Å². The second kappa shape index (κ2) is 5.30. The quantitative estimate of drug-likeness (QED) is 0.785. The molecule has 0 radical (unpaired) electrons. The van der Waals surface area contributed by atoms with Crippen molar-refractivity contribution in [2.75, 3.05) is 13.1 Å². The summed E-state index contributed by atoms with van der Waals surface area (Å²) in [5, 5.41) is 0. The molecule has 1 saturated heterocycles. The van der Waals surface area contributed by atoms with Gasteiger partial charge < -0.3 is 4.90 Å². The molecule has 1 aliphatic heterocycles. The monoisotopic (exact) mass is 232 g/mol.